The largest absolute Gasteiger partial charge is 0.502 e. The summed E-state index contributed by atoms with van der Waals surface area (Å²) in [7, 11) is 3.32. The summed E-state index contributed by atoms with van der Waals surface area (Å²) >= 11 is 0. The Hall–Kier alpha value is -4.38. The number of primary amides is 1. The van der Waals surface area contributed by atoms with Crippen LogP contribution in [0, 0.1) is 5.92 Å². The Morgan fingerprint density at radius 2 is 1.82 bits per heavy atom. The normalized spacial score (nSPS) is 19.4. The van der Waals surface area contributed by atoms with Gasteiger partial charge in [-0.3, -0.25) is 28.4 Å². The van der Waals surface area contributed by atoms with Crippen LogP contribution in [0.5, 0.6) is 5.75 Å². The Balaban J connectivity index is 1.35. The van der Waals surface area contributed by atoms with E-state index in [9.17, 15) is 24.3 Å². The third kappa shape index (κ3) is 4.36. The van der Waals surface area contributed by atoms with Gasteiger partial charge in [0.25, 0.3) is 5.56 Å². The quantitative estimate of drug-likeness (QED) is 0.372. The number of nitrogens with two attached hydrogens (primary N) is 1. The third-order valence-corrected chi connectivity index (χ3v) is 8.35. The Labute approximate surface area is 228 Å². The predicted octanol–water partition coefficient (Wildman–Crippen LogP) is 1.32. The van der Waals surface area contributed by atoms with Gasteiger partial charge in [0, 0.05) is 63.9 Å². The topological polar surface area (TPSA) is 146 Å². The Kier molecular flexibility index (Phi) is 6.25. The van der Waals surface area contributed by atoms with E-state index in [2.05, 4.69) is 4.90 Å². The average Bonchev–Trinajstić information content (AvgIpc) is 3.13. The van der Waals surface area contributed by atoms with Crippen LogP contribution in [0.3, 0.4) is 0 Å². The van der Waals surface area contributed by atoms with Crippen molar-refractivity contribution in [3.8, 4) is 5.75 Å². The fourth-order valence-electron chi connectivity index (χ4n) is 6.52. The number of benzene rings is 1. The number of amides is 1. The zero-order valence-corrected chi connectivity index (χ0v) is 22.4. The minimum atomic E-state index is -0.829. The number of aromatic hydroxyl groups is 1. The lowest BCUT2D eigenvalue weighted by Gasteiger charge is -2.42. The van der Waals surface area contributed by atoms with E-state index in [1.165, 1.54) is 15.2 Å². The number of carbonyl (C=O) groups is 1. The van der Waals surface area contributed by atoms with Crippen LogP contribution in [-0.2, 0) is 32.0 Å². The molecule has 1 saturated heterocycles. The smallest absolute Gasteiger partial charge is 0.328 e. The SMILES string of the molecule is Cn1c(=O)n(C)c2cc([C@@H](CC(N)=O)c3oc(CN4C[C@H]5C[C@@H](C4)c4cccc(=O)n4C5)cc(=O)c3O)ccc21. The Bertz CT molecular complexity index is 1830. The summed E-state index contributed by atoms with van der Waals surface area (Å²) < 4.78 is 11.0. The van der Waals surface area contributed by atoms with Gasteiger partial charge >= 0.3 is 5.69 Å². The molecule has 40 heavy (non-hydrogen) atoms. The predicted molar refractivity (Wildman–Crippen MR) is 147 cm³/mol. The summed E-state index contributed by atoms with van der Waals surface area (Å²) in [5.74, 6) is -1.21. The van der Waals surface area contributed by atoms with Crippen molar-refractivity contribution in [1.82, 2.24) is 18.6 Å². The average molecular weight is 546 g/mol. The fourth-order valence-corrected chi connectivity index (χ4v) is 6.52. The van der Waals surface area contributed by atoms with E-state index >= 15 is 0 Å². The van der Waals surface area contributed by atoms with Gasteiger partial charge in [-0.05, 0) is 36.1 Å². The van der Waals surface area contributed by atoms with Crippen LogP contribution in [0.2, 0.25) is 0 Å². The number of likely N-dealkylation sites (tertiary alicyclic amines) is 1. The molecule has 4 aromatic rings. The van der Waals surface area contributed by atoms with Gasteiger partial charge in [0.2, 0.25) is 17.1 Å². The second-order valence-electron chi connectivity index (χ2n) is 11.1. The molecule has 1 fully saturated rings. The van der Waals surface area contributed by atoms with E-state index in [-0.39, 0.29) is 29.3 Å². The lowest BCUT2D eigenvalue weighted by Crippen LogP contribution is -2.46. The maximum absolute atomic E-state index is 12.9. The van der Waals surface area contributed by atoms with E-state index in [0.29, 0.717) is 47.9 Å². The number of pyridine rings is 1. The summed E-state index contributed by atoms with van der Waals surface area (Å²) in [6, 6.07) is 11.9. The summed E-state index contributed by atoms with van der Waals surface area (Å²) in [6.45, 7) is 2.42. The van der Waals surface area contributed by atoms with E-state index in [1.807, 2.05) is 10.6 Å². The van der Waals surface area contributed by atoms with Crippen LogP contribution >= 0.6 is 0 Å². The molecule has 3 N–H and O–H groups in total. The van der Waals surface area contributed by atoms with Crippen LogP contribution in [-0.4, -0.2) is 42.7 Å². The van der Waals surface area contributed by atoms with Crippen molar-refractivity contribution in [3.05, 3.63) is 96.3 Å². The molecule has 0 radical (unpaired) electrons. The first-order valence-corrected chi connectivity index (χ1v) is 13.3. The van der Waals surface area contributed by atoms with Crippen LogP contribution in [0.15, 0.2) is 61.3 Å². The Morgan fingerprint density at radius 3 is 2.60 bits per heavy atom. The standard InChI is InChI=1S/C29H31N5O6/c1-31-22-7-6-17(9-23(22)32(2)29(31)39)20(11-25(30)36)28-27(38)24(35)10-19(40-28)15-33-12-16-8-18(14-33)21-4-3-5-26(37)34(21)13-16/h3-7,9-10,16,18,20,38H,8,11-15H2,1-2H3,(H2,30,36)/t16-,18+,20-/m1/s1. The minimum Gasteiger partial charge on any atom is -0.502 e. The molecule has 3 aromatic heterocycles. The molecule has 2 aliphatic rings. The van der Waals surface area contributed by atoms with Gasteiger partial charge in [0.05, 0.1) is 23.5 Å². The summed E-state index contributed by atoms with van der Waals surface area (Å²) in [4.78, 5) is 52.0. The number of imidazole rings is 1. The number of aromatic nitrogens is 3. The fraction of sp³-hybridized carbons (Fsp3) is 0.379. The first-order valence-electron chi connectivity index (χ1n) is 13.3. The maximum atomic E-state index is 12.9. The zero-order chi connectivity index (χ0) is 28.3. The van der Waals surface area contributed by atoms with Gasteiger partial charge in [0.15, 0.2) is 5.76 Å². The van der Waals surface area contributed by atoms with Gasteiger partial charge in [0.1, 0.15) is 5.76 Å². The van der Waals surface area contributed by atoms with Gasteiger partial charge in [-0.2, -0.15) is 0 Å². The lowest BCUT2D eigenvalue weighted by atomic mass is 9.83. The van der Waals surface area contributed by atoms with Crippen molar-refractivity contribution in [2.45, 2.75) is 37.8 Å². The number of nitrogens with zero attached hydrogens (tertiary/aromatic N) is 4. The minimum absolute atomic E-state index is 0.0177. The van der Waals surface area contributed by atoms with Crippen LogP contribution < -0.4 is 22.4 Å². The molecule has 0 saturated carbocycles. The molecule has 0 spiro atoms. The highest BCUT2D eigenvalue weighted by Gasteiger charge is 2.35. The highest BCUT2D eigenvalue weighted by molar-refractivity contribution is 5.79. The van der Waals surface area contributed by atoms with Crippen molar-refractivity contribution in [1.29, 1.82) is 0 Å². The second kappa shape index (κ2) is 9.67. The van der Waals surface area contributed by atoms with Gasteiger partial charge in [-0.1, -0.05) is 12.1 Å². The molecule has 5 heterocycles. The lowest BCUT2D eigenvalue weighted by molar-refractivity contribution is -0.118. The number of piperidine rings is 1. The van der Waals surface area contributed by atoms with Gasteiger partial charge in [-0.15, -0.1) is 0 Å². The first kappa shape index (κ1) is 25.9. The van der Waals surface area contributed by atoms with Crippen molar-refractivity contribution >= 4 is 16.9 Å². The molecule has 0 aliphatic carbocycles. The van der Waals surface area contributed by atoms with E-state index in [4.69, 9.17) is 10.2 Å². The summed E-state index contributed by atoms with van der Waals surface area (Å²) in [6.07, 6.45) is 0.793. The van der Waals surface area contributed by atoms with Crippen LogP contribution in [0.1, 0.15) is 47.5 Å². The summed E-state index contributed by atoms with van der Waals surface area (Å²) in [5.41, 5.74) is 7.74. The summed E-state index contributed by atoms with van der Waals surface area (Å²) in [5, 5.41) is 10.8. The van der Waals surface area contributed by atoms with Crippen molar-refractivity contribution in [2.75, 3.05) is 13.1 Å². The highest BCUT2D eigenvalue weighted by Crippen LogP contribution is 2.37. The molecule has 11 nitrogen and oxygen atoms in total. The van der Waals surface area contributed by atoms with E-state index in [1.54, 1.807) is 44.4 Å². The first-order chi connectivity index (χ1) is 19.1. The molecule has 3 atom stereocenters. The van der Waals surface area contributed by atoms with Crippen molar-refractivity contribution in [2.24, 2.45) is 25.7 Å². The van der Waals surface area contributed by atoms with Crippen molar-refractivity contribution in [3.63, 3.8) is 0 Å². The number of fused-ring (bicyclic) bond motifs is 5. The molecule has 2 bridgehead atoms. The van der Waals surface area contributed by atoms with E-state index < -0.39 is 23.0 Å². The zero-order valence-electron chi connectivity index (χ0n) is 22.4. The molecule has 2 aliphatic heterocycles. The molecule has 1 amide bonds. The van der Waals surface area contributed by atoms with Gasteiger partial charge in [-0.25, -0.2) is 4.79 Å². The number of carbonyl (C=O) groups excluding carboxylic acids is 1. The number of hydrogen-bond donors (Lipinski definition) is 2. The van der Waals surface area contributed by atoms with Crippen LogP contribution in [0.4, 0.5) is 0 Å². The number of rotatable bonds is 6. The molecule has 208 valence electrons. The molecular weight excluding hydrogens is 514 g/mol. The monoisotopic (exact) mass is 545 g/mol. The molecule has 0 unspecified atom stereocenters. The van der Waals surface area contributed by atoms with Crippen molar-refractivity contribution < 1.29 is 14.3 Å². The maximum Gasteiger partial charge on any atom is 0.328 e. The molecular formula is C29H31N5O6. The molecule has 6 rings (SSSR count). The highest BCUT2D eigenvalue weighted by atomic mass is 16.4. The number of hydrogen-bond acceptors (Lipinski definition) is 7. The van der Waals surface area contributed by atoms with Crippen LogP contribution in [0.25, 0.3) is 11.0 Å². The van der Waals surface area contributed by atoms with E-state index in [0.717, 1.165) is 18.7 Å². The number of aryl methyl sites for hydroxylation is 2. The third-order valence-electron chi connectivity index (χ3n) is 8.35. The molecule has 11 heteroatoms. The second-order valence-corrected chi connectivity index (χ2v) is 11.1. The Morgan fingerprint density at radius 1 is 1.05 bits per heavy atom. The molecule has 1 aromatic carbocycles. The van der Waals surface area contributed by atoms with Gasteiger partial charge < -0.3 is 19.8 Å².